The van der Waals surface area contributed by atoms with Crippen molar-refractivity contribution < 1.29 is 0 Å². The van der Waals surface area contributed by atoms with E-state index >= 15 is 0 Å². The number of aromatic nitrogens is 4. The van der Waals surface area contributed by atoms with Gasteiger partial charge in [-0.15, -0.1) is 11.8 Å². The summed E-state index contributed by atoms with van der Waals surface area (Å²) >= 11 is 1.37. The van der Waals surface area contributed by atoms with Crippen molar-refractivity contribution in [2.24, 2.45) is 0 Å². The van der Waals surface area contributed by atoms with E-state index in [-0.39, 0.29) is 5.82 Å². The van der Waals surface area contributed by atoms with Crippen LogP contribution in [-0.4, -0.2) is 26.0 Å². The number of aryl methyl sites for hydroxylation is 2. The molecule has 0 atom stereocenters. The molecule has 0 saturated carbocycles. The molecule has 0 spiro atoms. The molecule has 2 rings (SSSR count). The number of thioether (sulfide) groups is 1. The van der Waals surface area contributed by atoms with E-state index in [0.29, 0.717) is 16.5 Å². The minimum absolute atomic E-state index is 0.270. The van der Waals surface area contributed by atoms with Crippen LogP contribution >= 0.6 is 11.8 Å². The Morgan fingerprint density at radius 2 is 1.94 bits per heavy atom. The largest absolute Gasteiger partial charge is 0.382 e. The van der Waals surface area contributed by atoms with Crippen molar-refractivity contribution in [3.05, 3.63) is 23.0 Å². The summed E-state index contributed by atoms with van der Waals surface area (Å²) in [4.78, 5) is 8.56. The second-order valence-electron chi connectivity index (χ2n) is 3.74. The fourth-order valence-electron chi connectivity index (χ4n) is 1.61. The third kappa shape index (κ3) is 2.02. The first kappa shape index (κ1) is 12.4. The van der Waals surface area contributed by atoms with Crippen molar-refractivity contribution in [2.45, 2.75) is 18.9 Å². The van der Waals surface area contributed by atoms with Gasteiger partial charge >= 0.3 is 0 Å². The van der Waals surface area contributed by atoms with Crippen molar-refractivity contribution >= 4 is 17.6 Å². The molecule has 92 valence electrons. The summed E-state index contributed by atoms with van der Waals surface area (Å²) in [6, 6.07) is 3.91. The van der Waals surface area contributed by atoms with Crippen LogP contribution < -0.4 is 5.73 Å². The fourth-order valence-corrected chi connectivity index (χ4v) is 2.13. The number of nitriles is 1. The second-order valence-corrected chi connectivity index (χ2v) is 4.54. The predicted octanol–water partition coefficient (Wildman–Crippen LogP) is 1.45. The molecular weight excluding hydrogens is 248 g/mol. The highest BCUT2D eigenvalue weighted by Gasteiger charge is 2.17. The van der Waals surface area contributed by atoms with Gasteiger partial charge in [0, 0.05) is 11.4 Å². The van der Waals surface area contributed by atoms with E-state index in [0.717, 1.165) is 11.4 Å². The average molecular weight is 260 g/mol. The zero-order valence-electron chi connectivity index (χ0n) is 10.3. The SMILES string of the molecule is CSc1nn(-c2nc(C)cc(C)n2)c(N)c1C#N. The minimum Gasteiger partial charge on any atom is -0.382 e. The normalized spacial score (nSPS) is 10.3. The maximum Gasteiger partial charge on any atom is 0.252 e. The molecule has 0 aromatic carbocycles. The lowest BCUT2D eigenvalue weighted by molar-refractivity contribution is 0.775. The van der Waals surface area contributed by atoms with Crippen LogP contribution in [0.1, 0.15) is 17.0 Å². The zero-order valence-corrected chi connectivity index (χ0v) is 11.1. The Kier molecular flexibility index (Phi) is 3.21. The number of nitrogen functional groups attached to an aromatic ring is 1. The third-order valence-corrected chi connectivity index (χ3v) is 3.03. The Morgan fingerprint density at radius 3 is 2.39 bits per heavy atom. The van der Waals surface area contributed by atoms with Gasteiger partial charge < -0.3 is 5.73 Å². The van der Waals surface area contributed by atoms with Crippen LogP contribution in [0.4, 0.5) is 5.82 Å². The van der Waals surface area contributed by atoms with Gasteiger partial charge in [0.25, 0.3) is 5.95 Å². The van der Waals surface area contributed by atoms with Crippen LogP contribution in [0.25, 0.3) is 5.95 Å². The van der Waals surface area contributed by atoms with Crippen molar-refractivity contribution in [3.63, 3.8) is 0 Å². The molecule has 6 nitrogen and oxygen atoms in total. The van der Waals surface area contributed by atoms with Crippen LogP contribution in [-0.2, 0) is 0 Å². The van der Waals surface area contributed by atoms with Crippen molar-refractivity contribution in [2.75, 3.05) is 12.0 Å². The molecule has 18 heavy (non-hydrogen) atoms. The number of rotatable bonds is 2. The quantitative estimate of drug-likeness (QED) is 0.821. The molecule has 0 aliphatic carbocycles. The highest BCUT2D eigenvalue weighted by molar-refractivity contribution is 7.98. The summed E-state index contributed by atoms with van der Waals surface area (Å²) in [7, 11) is 0. The maximum absolute atomic E-state index is 9.06. The summed E-state index contributed by atoms with van der Waals surface area (Å²) in [6.07, 6.45) is 1.84. The third-order valence-electron chi connectivity index (χ3n) is 2.35. The lowest BCUT2D eigenvalue weighted by atomic mass is 10.3. The van der Waals surface area contributed by atoms with E-state index in [1.54, 1.807) is 0 Å². The van der Waals surface area contributed by atoms with Crippen molar-refractivity contribution in [1.82, 2.24) is 19.7 Å². The van der Waals surface area contributed by atoms with E-state index < -0.39 is 0 Å². The minimum atomic E-state index is 0.270. The van der Waals surface area contributed by atoms with Crippen molar-refractivity contribution in [1.29, 1.82) is 5.26 Å². The molecule has 0 aliphatic rings. The maximum atomic E-state index is 9.06. The standard InChI is InChI=1S/C11H12N6S/c1-6-4-7(2)15-11(14-6)17-9(13)8(5-12)10(16-17)18-3/h4H,13H2,1-3H3. The Labute approximate surface area is 109 Å². The number of hydrogen-bond donors (Lipinski definition) is 1. The Hall–Kier alpha value is -2.07. The Bertz CT molecular complexity index is 619. The molecule has 7 heteroatoms. The Morgan fingerprint density at radius 1 is 1.33 bits per heavy atom. The van der Waals surface area contributed by atoms with Crippen LogP contribution in [0.5, 0.6) is 0 Å². The van der Waals surface area contributed by atoms with E-state index in [2.05, 4.69) is 15.1 Å². The lowest BCUT2D eigenvalue weighted by Crippen LogP contribution is -2.08. The lowest BCUT2D eigenvalue weighted by Gasteiger charge is -2.04. The van der Waals surface area contributed by atoms with Crippen molar-refractivity contribution in [3.8, 4) is 12.0 Å². The average Bonchev–Trinajstić information content (AvgIpc) is 2.64. The second kappa shape index (κ2) is 4.66. The van der Waals surface area contributed by atoms with Gasteiger partial charge in [-0.25, -0.2) is 9.97 Å². The van der Waals surface area contributed by atoms with E-state index in [9.17, 15) is 0 Å². The van der Waals surface area contributed by atoms with Gasteiger partial charge in [-0.3, -0.25) is 0 Å². The fraction of sp³-hybridized carbons (Fsp3) is 0.273. The molecule has 0 bridgehead atoms. The molecule has 0 amide bonds. The molecule has 0 aliphatic heterocycles. The number of nitrogens with zero attached hydrogens (tertiary/aromatic N) is 5. The Balaban J connectivity index is 2.65. The van der Waals surface area contributed by atoms with Crippen LogP contribution in [0.3, 0.4) is 0 Å². The highest BCUT2D eigenvalue weighted by atomic mass is 32.2. The molecule has 0 unspecified atom stereocenters. The first-order valence-electron chi connectivity index (χ1n) is 5.22. The van der Waals surface area contributed by atoms with Crippen LogP contribution in [0, 0.1) is 25.2 Å². The van der Waals surface area contributed by atoms with Gasteiger partial charge in [0.05, 0.1) is 0 Å². The number of hydrogen-bond acceptors (Lipinski definition) is 6. The molecule has 0 fully saturated rings. The molecule has 0 radical (unpaired) electrons. The summed E-state index contributed by atoms with van der Waals surface area (Å²) < 4.78 is 1.41. The molecule has 2 N–H and O–H groups in total. The van der Waals surface area contributed by atoms with E-state index in [4.69, 9.17) is 11.0 Å². The molecule has 2 heterocycles. The summed E-state index contributed by atoms with van der Waals surface area (Å²) in [5.74, 6) is 0.661. The van der Waals surface area contributed by atoms with Gasteiger partial charge in [-0.05, 0) is 26.2 Å². The summed E-state index contributed by atoms with van der Waals surface area (Å²) in [5.41, 5.74) is 7.93. The van der Waals surface area contributed by atoms with Gasteiger partial charge in [-0.1, -0.05) is 0 Å². The summed E-state index contributed by atoms with van der Waals surface area (Å²) in [5, 5.41) is 13.9. The first-order valence-corrected chi connectivity index (χ1v) is 6.44. The van der Waals surface area contributed by atoms with Crippen LogP contribution in [0.15, 0.2) is 11.1 Å². The van der Waals surface area contributed by atoms with Gasteiger partial charge in [0.2, 0.25) is 0 Å². The van der Waals surface area contributed by atoms with Gasteiger partial charge in [0.15, 0.2) is 0 Å². The molecule has 0 saturated heterocycles. The van der Waals surface area contributed by atoms with E-state index in [1.165, 1.54) is 16.4 Å². The summed E-state index contributed by atoms with van der Waals surface area (Å²) in [6.45, 7) is 3.75. The van der Waals surface area contributed by atoms with Gasteiger partial charge in [-0.2, -0.15) is 15.0 Å². The van der Waals surface area contributed by atoms with Gasteiger partial charge in [0.1, 0.15) is 22.5 Å². The first-order chi connectivity index (χ1) is 8.56. The smallest absolute Gasteiger partial charge is 0.252 e. The number of anilines is 1. The topological polar surface area (TPSA) is 93.4 Å². The molecule has 2 aromatic rings. The van der Waals surface area contributed by atoms with Crippen LogP contribution in [0.2, 0.25) is 0 Å². The zero-order chi connectivity index (χ0) is 13.3. The highest BCUT2D eigenvalue weighted by Crippen LogP contribution is 2.25. The molecule has 2 aromatic heterocycles. The molecular formula is C11H12N6S. The predicted molar refractivity (Wildman–Crippen MR) is 69.5 cm³/mol. The monoisotopic (exact) mass is 260 g/mol. The van der Waals surface area contributed by atoms with E-state index in [1.807, 2.05) is 32.2 Å². The number of nitrogens with two attached hydrogens (primary N) is 1.